The zero-order valence-corrected chi connectivity index (χ0v) is 15.5. The Hall–Kier alpha value is -2.05. The van der Waals surface area contributed by atoms with E-state index in [1.807, 2.05) is 31.2 Å². The molecule has 1 aromatic carbocycles. The lowest BCUT2D eigenvalue weighted by molar-refractivity contribution is -0.134. The van der Waals surface area contributed by atoms with Crippen molar-refractivity contribution in [2.45, 2.75) is 6.92 Å². The lowest BCUT2D eigenvalue weighted by atomic mass is 10.3. The zero-order valence-electron chi connectivity index (χ0n) is 13.9. The van der Waals surface area contributed by atoms with E-state index in [1.165, 1.54) is 11.3 Å². The Morgan fingerprint density at radius 3 is 2.40 bits per heavy atom. The van der Waals surface area contributed by atoms with Crippen LogP contribution < -0.4 is 4.74 Å². The van der Waals surface area contributed by atoms with Crippen molar-refractivity contribution in [3.8, 4) is 5.75 Å². The number of rotatable bonds is 4. The number of para-hydroxylation sites is 1. The average Bonchev–Trinajstić information content (AvgIpc) is 3.07. The highest BCUT2D eigenvalue weighted by Gasteiger charge is 2.25. The van der Waals surface area contributed by atoms with Gasteiger partial charge in [0.25, 0.3) is 11.8 Å². The summed E-state index contributed by atoms with van der Waals surface area (Å²) in [6, 6.07) is 10.9. The van der Waals surface area contributed by atoms with Crippen LogP contribution in [0.2, 0.25) is 5.02 Å². The Kier molecular flexibility index (Phi) is 5.60. The lowest BCUT2D eigenvalue weighted by Gasteiger charge is -2.34. The summed E-state index contributed by atoms with van der Waals surface area (Å²) in [6.07, 6.45) is 0. The van der Waals surface area contributed by atoms with Crippen LogP contribution in [-0.4, -0.2) is 54.4 Å². The van der Waals surface area contributed by atoms with Crippen LogP contribution in [0.1, 0.15) is 14.5 Å². The molecule has 2 amide bonds. The van der Waals surface area contributed by atoms with Crippen LogP contribution in [0.25, 0.3) is 0 Å². The number of thiophene rings is 1. The summed E-state index contributed by atoms with van der Waals surface area (Å²) in [7, 11) is 0. The highest BCUT2D eigenvalue weighted by Crippen LogP contribution is 2.23. The fraction of sp³-hybridized carbons (Fsp3) is 0.333. The second-order valence-corrected chi connectivity index (χ2v) is 7.50. The molecule has 0 N–H and O–H groups in total. The Balaban J connectivity index is 1.49. The van der Waals surface area contributed by atoms with E-state index in [1.54, 1.807) is 21.9 Å². The normalized spacial score (nSPS) is 14.5. The molecule has 0 unspecified atom stereocenters. The maximum absolute atomic E-state index is 12.4. The predicted molar refractivity (Wildman–Crippen MR) is 98.5 cm³/mol. The Labute approximate surface area is 155 Å². The van der Waals surface area contributed by atoms with Gasteiger partial charge >= 0.3 is 0 Å². The third kappa shape index (κ3) is 4.32. The summed E-state index contributed by atoms with van der Waals surface area (Å²) in [5, 5.41) is 0.483. The van der Waals surface area contributed by atoms with E-state index < -0.39 is 0 Å². The molecule has 1 aliphatic heterocycles. The number of ether oxygens (including phenoxy) is 1. The van der Waals surface area contributed by atoms with Crippen molar-refractivity contribution in [3.63, 3.8) is 0 Å². The number of amides is 2. The minimum absolute atomic E-state index is 0.0394. The summed E-state index contributed by atoms with van der Waals surface area (Å²) >= 11 is 7.51. The van der Waals surface area contributed by atoms with Crippen molar-refractivity contribution in [1.29, 1.82) is 0 Å². The van der Waals surface area contributed by atoms with Crippen LogP contribution in [-0.2, 0) is 4.79 Å². The van der Waals surface area contributed by atoms with Gasteiger partial charge in [-0.1, -0.05) is 23.7 Å². The van der Waals surface area contributed by atoms with Gasteiger partial charge in [0.2, 0.25) is 0 Å². The third-order valence-corrected chi connectivity index (χ3v) is 5.36. The molecular weight excluding hydrogens is 360 g/mol. The van der Waals surface area contributed by atoms with Gasteiger partial charge in [-0.3, -0.25) is 9.59 Å². The van der Waals surface area contributed by atoms with Crippen LogP contribution in [0.4, 0.5) is 0 Å². The number of aryl methyl sites for hydroxylation is 1. The SMILES string of the molecule is Cc1ccc(C(=O)N2CCN(C(=O)COc3ccccc3Cl)CC2)s1. The van der Waals surface area contributed by atoms with E-state index in [0.717, 1.165) is 9.75 Å². The van der Waals surface area contributed by atoms with Gasteiger partial charge in [0.05, 0.1) is 9.90 Å². The highest BCUT2D eigenvalue weighted by atomic mass is 35.5. The predicted octanol–water partition coefficient (Wildman–Crippen LogP) is 3.07. The first-order chi connectivity index (χ1) is 12.0. The topological polar surface area (TPSA) is 49.9 Å². The summed E-state index contributed by atoms with van der Waals surface area (Å²) in [5.41, 5.74) is 0. The molecule has 132 valence electrons. The van der Waals surface area contributed by atoms with Crippen LogP contribution in [0.3, 0.4) is 0 Å². The monoisotopic (exact) mass is 378 g/mol. The molecule has 1 saturated heterocycles. The van der Waals surface area contributed by atoms with Gasteiger partial charge in [0.1, 0.15) is 5.75 Å². The summed E-state index contributed by atoms with van der Waals surface area (Å²) in [6.45, 7) is 4.03. The smallest absolute Gasteiger partial charge is 0.264 e. The number of hydrogen-bond donors (Lipinski definition) is 0. The van der Waals surface area contributed by atoms with E-state index >= 15 is 0 Å². The van der Waals surface area contributed by atoms with Gasteiger partial charge < -0.3 is 14.5 Å². The number of hydrogen-bond acceptors (Lipinski definition) is 4. The number of benzene rings is 1. The van der Waals surface area contributed by atoms with E-state index in [4.69, 9.17) is 16.3 Å². The van der Waals surface area contributed by atoms with Gasteiger partial charge in [-0.05, 0) is 31.2 Å². The number of piperazine rings is 1. The molecule has 0 atom stereocenters. The van der Waals surface area contributed by atoms with Crippen molar-refractivity contribution in [2.75, 3.05) is 32.8 Å². The maximum atomic E-state index is 12.4. The molecule has 3 rings (SSSR count). The molecule has 1 aromatic heterocycles. The zero-order chi connectivity index (χ0) is 17.8. The minimum atomic E-state index is -0.0982. The van der Waals surface area contributed by atoms with Crippen LogP contribution in [0.5, 0.6) is 5.75 Å². The second kappa shape index (κ2) is 7.89. The molecular formula is C18H19ClN2O3S. The Morgan fingerprint density at radius 2 is 1.76 bits per heavy atom. The number of halogens is 1. The van der Waals surface area contributed by atoms with Crippen molar-refractivity contribution in [3.05, 3.63) is 51.2 Å². The third-order valence-electron chi connectivity index (χ3n) is 4.06. The summed E-state index contributed by atoms with van der Waals surface area (Å²) in [4.78, 5) is 30.1. The molecule has 7 heteroatoms. The van der Waals surface area contributed by atoms with E-state index in [2.05, 4.69) is 0 Å². The standard InChI is InChI=1S/C18H19ClN2O3S/c1-13-6-7-16(25-13)18(23)21-10-8-20(9-11-21)17(22)12-24-15-5-3-2-4-14(15)19/h2-7H,8-12H2,1H3. The maximum Gasteiger partial charge on any atom is 0.264 e. The van der Waals surface area contributed by atoms with Crippen LogP contribution >= 0.6 is 22.9 Å². The Bertz CT molecular complexity index is 769. The second-order valence-electron chi connectivity index (χ2n) is 5.80. The fourth-order valence-corrected chi connectivity index (χ4v) is 3.68. The molecule has 1 aliphatic rings. The molecule has 0 saturated carbocycles. The Morgan fingerprint density at radius 1 is 1.08 bits per heavy atom. The van der Waals surface area contributed by atoms with E-state index in [0.29, 0.717) is 37.0 Å². The number of nitrogens with zero attached hydrogens (tertiary/aromatic N) is 2. The van der Waals surface area contributed by atoms with Crippen molar-refractivity contribution >= 4 is 34.8 Å². The van der Waals surface area contributed by atoms with E-state index in [-0.39, 0.29) is 18.4 Å². The lowest BCUT2D eigenvalue weighted by Crippen LogP contribution is -2.51. The molecule has 0 radical (unpaired) electrons. The fourth-order valence-electron chi connectivity index (χ4n) is 2.66. The molecule has 2 aromatic rings. The first-order valence-electron chi connectivity index (χ1n) is 8.05. The van der Waals surface area contributed by atoms with E-state index in [9.17, 15) is 9.59 Å². The van der Waals surface area contributed by atoms with Crippen molar-refractivity contribution in [1.82, 2.24) is 9.80 Å². The van der Waals surface area contributed by atoms with Crippen LogP contribution in [0.15, 0.2) is 36.4 Å². The van der Waals surface area contributed by atoms with Crippen LogP contribution in [0, 0.1) is 6.92 Å². The van der Waals surface area contributed by atoms with Gasteiger partial charge in [0.15, 0.2) is 6.61 Å². The minimum Gasteiger partial charge on any atom is -0.482 e. The molecule has 1 fully saturated rings. The highest BCUT2D eigenvalue weighted by molar-refractivity contribution is 7.13. The van der Waals surface area contributed by atoms with Crippen molar-refractivity contribution < 1.29 is 14.3 Å². The van der Waals surface area contributed by atoms with Crippen molar-refractivity contribution in [2.24, 2.45) is 0 Å². The average molecular weight is 379 g/mol. The number of carbonyl (C=O) groups is 2. The molecule has 2 heterocycles. The largest absolute Gasteiger partial charge is 0.482 e. The number of carbonyl (C=O) groups excluding carboxylic acids is 2. The molecule has 5 nitrogen and oxygen atoms in total. The van der Waals surface area contributed by atoms with Gasteiger partial charge in [-0.15, -0.1) is 11.3 Å². The first-order valence-corrected chi connectivity index (χ1v) is 9.25. The first kappa shape index (κ1) is 17.8. The molecule has 25 heavy (non-hydrogen) atoms. The van der Waals surface area contributed by atoms with Gasteiger partial charge in [-0.2, -0.15) is 0 Å². The summed E-state index contributed by atoms with van der Waals surface area (Å²) < 4.78 is 5.50. The quantitative estimate of drug-likeness (QED) is 0.821. The van der Waals surface area contributed by atoms with Gasteiger partial charge in [-0.25, -0.2) is 0 Å². The van der Waals surface area contributed by atoms with Gasteiger partial charge in [0, 0.05) is 31.1 Å². The molecule has 0 aliphatic carbocycles. The molecule has 0 bridgehead atoms. The summed E-state index contributed by atoms with van der Waals surface area (Å²) in [5.74, 6) is 0.441. The molecule has 0 spiro atoms.